The van der Waals surface area contributed by atoms with Crippen LogP contribution >= 0.6 is 23.2 Å². The van der Waals surface area contributed by atoms with Crippen LogP contribution in [0.2, 0.25) is 10.0 Å². The molecule has 1 N–H and O–H groups in total. The van der Waals surface area contributed by atoms with Crippen molar-refractivity contribution in [2.24, 2.45) is 0 Å². The molecule has 178 valence electrons. The number of carbonyl (C=O) groups is 1. The molecule has 1 aromatic carbocycles. The monoisotopic (exact) mass is 494 g/mol. The van der Waals surface area contributed by atoms with E-state index in [0.717, 1.165) is 11.3 Å². The third-order valence-electron chi connectivity index (χ3n) is 4.81. The number of hydrogen-bond donors (Lipinski definition) is 1. The Morgan fingerprint density at radius 2 is 1.97 bits per heavy atom. The standard InChI is InChI=1S/C23H28Cl2N4O4/c1-4-28-13-17(10-22(30)31)23(27-28)32-9-5-6-19-12-21(33-15(2)3)26-29(19)14-16-7-8-18(24)11-20(16)25/h7-8,11-13,15H,4-6,9-10,14H2,1-3H3,(H,30,31). The van der Waals surface area contributed by atoms with Crippen LogP contribution in [-0.4, -0.2) is 43.3 Å². The molecule has 0 amide bonds. The molecular formula is C23H28Cl2N4O4. The molecule has 33 heavy (non-hydrogen) atoms. The van der Waals surface area contributed by atoms with E-state index in [4.69, 9.17) is 37.8 Å². The molecule has 8 nitrogen and oxygen atoms in total. The van der Waals surface area contributed by atoms with E-state index in [2.05, 4.69) is 10.2 Å². The lowest BCUT2D eigenvalue weighted by Crippen LogP contribution is -2.10. The number of rotatable bonds is 12. The second-order valence-electron chi connectivity index (χ2n) is 7.87. The summed E-state index contributed by atoms with van der Waals surface area (Å²) < 4.78 is 15.1. The summed E-state index contributed by atoms with van der Waals surface area (Å²) in [6.45, 7) is 7.35. The molecule has 3 rings (SSSR count). The Morgan fingerprint density at radius 3 is 2.64 bits per heavy atom. The lowest BCUT2D eigenvalue weighted by Gasteiger charge is -2.10. The Kier molecular flexibility index (Phi) is 8.63. The largest absolute Gasteiger partial charge is 0.481 e. The van der Waals surface area contributed by atoms with Gasteiger partial charge in [-0.3, -0.25) is 14.2 Å². The van der Waals surface area contributed by atoms with E-state index in [9.17, 15) is 4.79 Å². The van der Waals surface area contributed by atoms with E-state index in [0.29, 0.717) is 59.9 Å². The van der Waals surface area contributed by atoms with Crippen molar-refractivity contribution in [1.29, 1.82) is 0 Å². The summed E-state index contributed by atoms with van der Waals surface area (Å²) in [7, 11) is 0. The van der Waals surface area contributed by atoms with E-state index in [-0.39, 0.29) is 12.5 Å². The molecule has 0 atom stereocenters. The molecule has 2 heterocycles. The summed E-state index contributed by atoms with van der Waals surface area (Å²) in [6, 6.07) is 7.32. The number of ether oxygens (including phenoxy) is 2. The van der Waals surface area contributed by atoms with Gasteiger partial charge >= 0.3 is 5.97 Å². The Balaban J connectivity index is 1.68. The van der Waals surface area contributed by atoms with Crippen molar-refractivity contribution in [3.63, 3.8) is 0 Å². The molecule has 0 bridgehead atoms. The maximum Gasteiger partial charge on any atom is 0.308 e. The normalized spacial score (nSPS) is 11.2. The van der Waals surface area contributed by atoms with E-state index in [1.165, 1.54) is 0 Å². The molecule has 0 aliphatic heterocycles. The highest BCUT2D eigenvalue weighted by molar-refractivity contribution is 6.35. The fourth-order valence-corrected chi connectivity index (χ4v) is 3.78. The second-order valence-corrected chi connectivity index (χ2v) is 8.72. The zero-order chi connectivity index (χ0) is 24.0. The van der Waals surface area contributed by atoms with E-state index in [1.807, 2.05) is 37.6 Å². The zero-order valence-corrected chi connectivity index (χ0v) is 20.4. The minimum absolute atomic E-state index is 0.00462. The molecule has 0 saturated carbocycles. The first-order valence-corrected chi connectivity index (χ1v) is 11.6. The van der Waals surface area contributed by atoms with Gasteiger partial charge in [-0.25, -0.2) is 0 Å². The van der Waals surface area contributed by atoms with Gasteiger partial charge in [0.2, 0.25) is 11.8 Å². The Labute approximate surface area is 203 Å². The smallest absolute Gasteiger partial charge is 0.308 e. The first-order valence-electron chi connectivity index (χ1n) is 10.8. The van der Waals surface area contributed by atoms with Crippen molar-refractivity contribution in [3.8, 4) is 11.8 Å². The molecule has 0 saturated heterocycles. The van der Waals surface area contributed by atoms with Crippen LogP contribution in [0.25, 0.3) is 0 Å². The Hall–Kier alpha value is -2.71. The molecule has 0 aliphatic rings. The van der Waals surface area contributed by atoms with Crippen molar-refractivity contribution in [3.05, 3.63) is 57.3 Å². The third kappa shape index (κ3) is 7.14. The lowest BCUT2D eigenvalue weighted by atomic mass is 10.2. The highest BCUT2D eigenvalue weighted by atomic mass is 35.5. The van der Waals surface area contributed by atoms with Gasteiger partial charge in [0, 0.05) is 40.1 Å². The Bertz CT molecular complexity index is 1090. The van der Waals surface area contributed by atoms with Gasteiger partial charge in [0.25, 0.3) is 0 Å². The fraction of sp³-hybridized carbons (Fsp3) is 0.435. The van der Waals surface area contributed by atoms with Crippen molar-refractivity contribution < 1.29 is 19.4 Å². The fourth-order valence-electron chi connectivity index (χ4n) is 3.31. The molecular weight excluding hydrogens is 467 g/mol. The molecule has 0 radical (unpaired) electrons. The zero-order valence-electron chi connectivity index (χ0n) is 18.9. The van der Waals surface area contributed by atoms with Gasteiger partial charge in [-0.1, -0.05) is 29.3 Å². The van der Waals surface area contributed by atoms with Crippen LogP contribution in [0.3, 0.4) is 0 Å². The van der Waals surface area contributed by atoms with Gasteiger partial charge in [0.15, 0.2) is 0 Å². The number of nitrogens with zero attached hydrogens (tertiary/aromatic N) is 4. The van der Waals surface area contributed by atoms with Gasteiger partial charge in [-0.15, -0.1) is 10.2 Å². The van der Waals surface area contributed by atoms with Crippen LogP contribution in [0.1, 0.15) is 44.0 Å². The van der Waals surface area contributed by atoms with Gasteiger partial charge < -0.3 is 14.6 Å². The molecule has 0 aliphatic carbocycles. The lowest BCUT2D eigenvalue weighted by molar-refractivity contribution is -0.136. The van der Waals surface area contributed by atoms with Crippen LogP contribution in [0.15, 0.2) is 30.5 Å². The summed E-state index contributed by atoms with van der Waals surface area (Å²) >= 11 is 12.4. The molecule has 10 heteroatoms. The molecule has 0 fully saturated rings. The number of halogens is 2. The highest BCUT2D eigenvalue weighted by Crippen LogP contribution is 2.24. The quantitative estimate of drug-likeness (QED) is 0.360. The minimum atomic E-state index is -0.919. The highest BCUT2D eigenvalue weighted by Gasteiger charge is 2.15. The van der Waals surface area contributed by atoms with E-state index < -0.39 is 5.97 Å². The summed E-state index contributed by atoms with van der Waals surface area (Å²) in [5, 5.41) is 19.2. The van der Waals surface area contributed by atoms with Crippen LogP contribution in [0.4, 0.5) is 0 Å². The first-order chi connectivity index (χ1) is 15.7. The van der Waals surface area contributed by atoms with Crippen molar-refractivity contribution in [1.82, 2.24) is 19.6 Å². The van der Waals surface area contributed by atoms with E-state index >= 15 is 0 Å². The summed E-state index contributed by atoms with van der Waals surface area (Å²) in [6.07, 6.45) is 2.96. The SMILES string of the molecule is CCn1cc(CC(=O)O)c(OCCCc2cc(OC(C)C)nn2Cc2ccc(Cl)cc2Cl)n1. The third-order valence-corrected chi connectivity index (χ3v) is 5.40. The van der Waals surface area contributed by atoms with Crippen LogP contribution in [0, 0.1) is 0 Å². The van der Waals surface area contributed by atoms with Gasteiger partial charge in [0.05, 0.1) is 25.7 Å². The van der Waals surface area contributed by atoms with Crippen molar-refractivity contribution in [2.75, 3.05) is 6.61 Å². The number of aliphatic carboxylic acids is 1. The summed E-state index contributed by atoms with van der Waals surface area (Å²) in [5.41, 5.74) is 2.45. The predicted molar refractivity (Wildman–Crippen MR) is 127 cm³/mol. The van der Waals surface area contributed by atoms with Gasteiger partial charge in [-0.05, 0) is 51.3 Å². The number of carboxylic acids is 1. The average molecular weight is 495 g/mol. The number of hydrogen-bond acceptors (Lipinski definition) is 5. The predicted octanol–water partition coefficient (Wildman–Crippen LogP) is 4.88. The molecule has 3 aromatic rings. The van der Waals surface area contributed by atoms with Crippen molar-refractivity contribution in [2.45, 2.75) is 59.2 Å². The van der Waals surface area contributed by atoms with Crippen LogP contribution in [-0.2, 0) is 30.7 Å². The first kappa shape index (κ1) is 24.9. The maximum atomic E-state index is 11.1. The average Bonchev–Trinajstić information content (AvgIpc) is 3.29. The molecule has 0 spiro atoms. The Morgan fingerprint density at radius 1 is 1.18 bits per heavy atom. The molecule has 0 unspecified atom stereocenters. The topological polar surface area (TPSA) is 91.4 Å². The minimum Gasteiger partial charge on any atom is -0.481 e. The molecule has 2 aromatic heterocycles. The van der Waals surface area contributed by atoms with Crippen LogP contribution in [0.5, 0.6) is 11.8 Å². The number of carboxylic acid groups (broad SMARTS) is 1. The number of benzene rings is 1. The summed E-state index contributed by atoms with van der Waals surface area (Å²) in [4.78, 5) is 11.1. The van der Waals surface area contributed by atoms with Crippen LogP contribution < -0.4 is 9.47 Å². The summed E-state index contributed by atoms with van der Waals surface area (Å²) in [5.74, 6) is -0.00100. The van der Waals surface area contributed by atoms with Gasteiger partial charge in [-0.2, -0.15) is 0 Å². The maximum absolute atomic E-state index is 11.1. The number of aryl methyl sites for hydroxylation is 2. The number of aromatic nitrogens is 4. The van der Waals surface area contributed by atoms with Crippen molar-refractivity contribution >= 4 is 29.2 Å². The van der Waals surface area contributed by atoms with Gasteiger partial charge in [0.1, 0.15) is 0 Å². The second kappa shape index (κ2) is 11.4. The van der Waals surface area contributed by atoms with E-state index in [1.54, 1.807) is 23.0 Å².